The van der Waals surface area contributed by atoms with Crippen LogP contribution in [0.3, 0.4) is 0 Å². The van der Waals surface area contributed by atoms with E-state index in [-0.39, 0.29) is 17.7 Å². The van der Waals surface area contributed by atoms with Gasteiger partial charge in [-0.25, -0.2) is 0 Å². The zero-order chi connectivity index (χ0) is 13.1. The lowest BCUT2D eigenvalue weighted by molar-refractivity contribution is 0.0717. The fourth-order valence-electron chi connectivity index (χ4n) is 2.33. The first-order valence-electron chi connectivity index (χ1n) is 6.36. The zero-order valence-electron chi connectivity index (χ0n) is 10.5. The van der Waals surface area contributed by atoms with Gasteiger partial charge in [-0.2, -0.15) is 0 Å². The molecule has 0 aliphatic heterocycles. The van der Waals surface area contributed by atoms with E-state index in [0.717, 1.165) is 25.7 Å². The molecule has 98 valence electrons. The third kappa shape index (κ3) is 2.82. The van der Waals surface area contributed by atoms with Gasteiger partial charge in [-0.1, -0.05) is 12.8 Å². The van der Waals surface area contributed by atoms with Crippen molar-refractivity contribution in [3.05, 3.63) is 29.3 Å². The number of carbonyl (C=O) groups excluding carboxylic acids is 1. The van der Waals surface area contributed by atoms with Crippen molar-refractivity contribution < 1.29 is 15.0 Å². The quantitative estimate of drug-likeness (QED) is 0.747. The van der Waals surface area contributed by atoms with E-state index in [1.807, 2.05) is 0 Å². The van der Waals surface area contributed by atoms with Gasteiger partial charge >= 0.3 is 0 Å². The van der Waals surface area contributed by atoms with Crippen LogP contribution < -0.4 is 5.32 Å². The summed E-state index contributed by atoms with van der Waals surface area (Å²) in [6, 6.07) is 4.61. The van der Waals surface area contributed by atoms with Gasteiger partial charge in [0.2, 0.25) is 0 Å². The highest BCUT2D eigenvalue weighted by Crippen LogP contribution is 2.20. The minimum absolute atomic E-state index is 0.152. The van der Waals surface area contributed by atoms with E-state index in [1.165, 1.54) is 6.07 Å². The van der Waals surface area contributed by atoms with Crippen molar-refractivity contribution >= 4 is 5.91 Å². The van der Waals surface area contributed by atoms with E-state index in [9.17, 15) is 15.0 Å². The van der Waals surface area contributed by atoms with Crippen LogP contribution in [0.4, 0.5) is 0 Å². The molecule has 0 aromatic heterocycles. The lowest BCUT2D eigenvalue weighted by atomic mass is 9.92. The molecule has 0 heterocycles. The molecule has 4 nitrogen and oxygen atoms in total. The molecule has 1 aliphatic carbocycles. The summed E-state index contributed by atoms with van der Waals surface area (Å²) in [5.74, 6) is -0.00620. The number of aromatic hydroxyl groups is 1. The van der Waals surface area contributed by atoms with E-state index in [0.29, 0.717) is 11.1 Å². The molecule has 1 fully saturated rings. The molecule has 3 N–H and O–H groups in total. The van der Waals surface area contributed by atoms with E-state index < -0.39 is 6.10 Å². The Bertz CT molecular complexity index is 445. The molecule has 2 atom stereocenters. The summed E-state index contributed by atoms with van der Waals surface area (Å²) < 4.78 is 0. The van der Waals surface area contributed by atoms with Crippen molar-refractivity contribution in [3.63, 3.8) is 0 Å². The maximum absolute atomic E-state index is 12.0. The molecule has 0 unspecified atom stereocenters. The number of aryl methyl sites for hydroxylation is 1. The summed E-state index contributed by atoms with van der Waals surface area (Å²) in [6.07, 6.45) is 3.19. The SMILES string of the molecule is Cc1cc(C(=O)N[C@@H]2CCCC[C@H]2O)ccc1O. The number of aliphatic hydroxyl groups is 1. The number of hydrogen-bond acceptors (Lipinski definition) is 3. The van der Waals surface area contributed by atoms with Gasteiger partial charge in [0.25, 0.3) is 5.91 Å². The maximum Gasteiger partial charge on any atom is 0.251 e. The average Bonchev–Trinajstić information content (AvgIpc) is 2.35. The number of carbonyl (C=O) groups is 1. The Morgan fingerprint density at radius 3 is 2.72 bits per heavy atom. The monoisotopic (exact) mass is 249 g/mol. The minimum atomic E-state index is -0.444. The Balaban J connectivity index is 2.04. The van der Waals surface area contributed by atoms with Gasteiger partial charge in [-0.15, -0.1) is 0 Å². The Kier molecular flexibility index (Phi) is 3.87. The summed E-state index contributed by atoms with van der Waals surface area (Å²) in [5.41, 5.74) is 1.19. The molecule has 0 saturated heterocycles. The molecule has 18 heavy (non-hydrogen) atoms. The second kappa shape index (κ2) is 5.40. The van der Waals surface area contributed by atoms with Crippen LogP contribution in [0.1, 0.15) is 41.6 Å². The summed E-state index contributed by atoms with van der Waals surface area (Å²) >= 11 is 0. The third-order valence-electron chi connectivity index (χ3n) is 3.50. The summed E-state index contributed by atoms with van der Waals surface area (Å²) in [4.78, 5) is 12.0. The van der Waals surface area contributed by atoms with Crippen molar-refractivity contribution in [2.24, 2.45) is 0 Å². The zero-order valence-corrected chi connectivity index (χ0v) is 10.5. The number of benzene rings is 1. The highest BCUT2D eigenvalue weighted by Gasteiger charge is 2.24. The van der Waals surface area contributed by atoms with Crippen LogP contribution in [-0.4, -0.2) is 28.3 Å². The van der Waals surface area contributed by atoms with Crippen LogP contribution in [0.5, 0.6) is 5.75 Å². The van der Waals surface area contributed by atoms with Crippen LogP contribution in [0, 0.1) is 6.92 Å². The second-order valence-corrected chi connectivity index (χ2v) is 4.93. The average molecular weight is 249 g/mol. The molecule has 1 aromatic carbocycles. The fraction of sp³-hybridized carbons (Fsp3) is 0.500. The third-order valence-corrected chi connectivity index (χ3v) is 3.50. The van der Waals surface area contributed by atoms with Gasteiger partial charge in [-0.3, -0.25) is 4.79 Å². The van der Waals surface area contributed by atoms with E-state index in [1.54, 1.807) is 19.1 Å². The standard InChI is InChI=1S/C14H19NO3/c1-9-8-10(6-7-12(9)16)14(18)15-11-4-2-3-5-13(11)17/h6-8,11,13,16-17H,2-5H2,1H3,(H,15,18)/t11-,13-/m1/s1. The van der Waals surface area contributed by atoms with Crippen LogP contribution in [0.25, 0.3) is 0 Å². The largest absolute Gasteiger partial charge is 0.508 e. The summed E-state index contributed by atoms with van der Waals surface area (Å²) in [5, 5.41) is 22.1. The molecule has 1 saturated carbocycles. The Labute approximate surface area is 107 Å². The highest BCUT2D eigenvalue weighted by molar-refractivity contribution is 5.94. The molecule has 4 heteroatoms. The van der Waals surface area contributed by atoms with Crippen LogP contribution in [-0.2, 0) is 0 Å². The second-order valence-electron chi connectivity index (χ2n) is 4.93. The summed E-state index contributed by atoms with van der Waals surface area (Å²) in [6.45, 7) is 1.75. The van der Waals surface area contributed by atoms with Crippen molar-refractivity contribution in [2.75, 3.05) is 0 Å². The maximum atomic E-state index is 12.0. The van der Waals surface area contributed by atoms with Gasteiger partial charge in [0.15, 0.2) is 0 Å². The molecule has 0 radical (unpaired) electrons. The van der Waals surface area contributed by atoms with Crippen molar-refractivity contribution in [3.8, 4) is 5.75 Å². The topological polar surface area (TPSA) is 69.6 Å². The minimum Gasteiger partial charge on any atom is -0.508 e. The van der Waals surface area contributed by atoms with E-state index in [2.05, 4.69) is 5.32 Å². The smallest absolute Gasteiger partial charge is 0.251 e. The molecular weight excluding hydrogens is 230 g/mol. The lowest BCUT2D eigenvalue weighted by Gasteiger charge is -2.28. The number of rotatable bonds is 2. The number of amides is 1. The first-order chi connectivity index (χ1) is 8.58. The van der Waals surface area contributed by atoms with Crippen LogP contribution >= 0.6 is 0 Å². The molecule has 0 bridgehead atoms. The van der Waals surface area contributed by atoms with Crippen molar-refractivity contribution in [1.29, 1.82) is 0 Å². The predicted octanol–water partition coefficient (Wildman–Crippen LogP) is 1.73. The van der Waals surface area contributed by atoms with Gasteiger partial charge < -0.3 is 15.5 Å². The number of phenolic OH excluding ortho intramolecular Hbond substituents is 1. The fourth-order valence-corrected chi connectivity index (χ4v) is 2.33. The Morgan fingerprint density at radius 1 is 1.33 bits per heavy atom. The normalized spacial score (nSPS) is 23.7. The van der Waals surface area contributed by atoms with Crippen molar-refractivity contribution in [2.45, 2.75) is 44.8 Å². The van der Waals surface area contributed by atoms with E-state index in [4.69, 9.17) is 0 Å². The lowest BCUT2D eigenvalue weighted by Crippen LogP contribution is -2.45. The molecule has 1 aliphatic rings. The Hall–Kier alpha value is -1.55. The predicted molar refractivity (Wildman–Crippen MR) is 68.6 cm³/mol. The molecule has 1 aromatic rings. The first-order valence-corrected chi connectivity index (χ1v) is 6.36. The molecular formula is C14H19NO3. The van der Waals surface area contributed by atoms with Gasteiger partial charge in [0.1, 0.15) is 5.75 Å². The van der Waals surface area contributed by atoms with Crippen LogP contribution in [0.2, 0.25) is 0 Å². The van der Waals surface area contributed by atoms with Crippen molar-refractivity contribution in [1.82, 2.24) is 5.32 Å². The van der Waals surface area contributed by atoms with Gasteiger partial charge in [-0.05, 0) is 43.5 Å². The molecule has 1 amide bonds. The van der Waals surface area contributed by atoms with Gasteiger partial charge in [0.05, 0.1) is 12.1 Å². The van der Waals surface area contributed by atoms with Crippen LogP contribution in [0.15, 0.2) is 18.2 Å². The van der Waals surface area contributed by atoms with Gasteiger partial charge in [0, 0.05) is 5.56 Å². The van der Waals surface area contributed by atoms with E-state index >= 15 is 0 Å². The number of hydrogen-bond donors (Lipinski definition) is 3. The Morgan fingerprint density at radius 2 is 2.06 bits per heavy atom. The first kappa shape index (κ1) is 12.9. The number of aliphatic hydroxyl groups excluding tert-OH is 1. The molecule has 2 rings (SSSR count). The molecule has 0 spiro atoms. The number of phenols is 1. The highest BCUT2D eigenvalue weighted by atomic mass is 16.3. The summed E-state index contributed by atoms with van der Waals surface area (Å²) in [7, 11) is 0. The number of nitrogens with one attached hydrogen (secondary N) is 1.